The standard InChI is InChI=1S/C12H10F3N3OS/c13-12(14,15)11(3-4-11)18-9(19)8-7(16)6-2-1-5-17-10(6)20-8/h1-2,5H,3-4,16H2,(H,18,19). The predicted octanol–water partition coefficient (Wildman–Crippen LogP) is 2.70. The molecule has 0 bridgehead atoms. The van der Waals surface area contributed by atoms with Crippen LogP contribution in [0.2, 0.25) is 0 Å². The number of nitrogens with two attached hydrogens (primary N) is 1. The van der Waals surface area contributed by atoms with Crippen LogP contribution in [0.1, 0.15) is 22.5 Å². The molecule has 1 saturated carbocycles. The van der Waals surface area contributed by atoms with Gasteiger partial charge in [0, 0.05) is 11.6 Å². The Morgan fingerprint density at radius 1 is 1.45 bits per heavy atom. The van der Waals surface area contributed by atoms with E-state index in [0.717, 1.165) is 11.3 Å². The number of nitrogen functional groups attached to an aromatic ring is 1. The molecule has 2 heterocycles. The Kier molecular flexibility index (Phi) is 2.69. The largest absolute Gasteiger partial charge is 0.411 e. The Balaban J connectivity index is 1.92. The summed E-state index contributed by atoms with van der Waals surface area (Å²) in [6.07, 6.45) is -3.08. The molecule has 0 unspecified atom stereocenters. The number of aromatic nitrogens is 1. The lowest BCUT2D eigenvalue weighted by atomic mass is 10.2. The van der Waals surface area contributed by atoms with Gasteiger partial charge in [-0.1, -0.05) is 0 Å². The summed E-state index contributed by atoms with van der Waals surface area (Å²) in [5.41, 5.74) is 3.91. The molecule has 4 nitrogen and oxygen atoms in total. The third-order valence-corrected chi connectivity index (χ3v) is 4.48. The first-order chi connectivity index (χ1) is 9.34. The number of amides is 1. The van der Waals surface area contributed by atoms with Gasteiger partial charge in [0.15, 0.2) is 0 Å². The minimum atomic E-state index is -4.44. The summed E-state index contributed by atoms with van der Waals surface area (Å²) in [5, 5.41) is 2.65. The van der Waals surface area contributed by atoms with E-state index in [9.17, 15) is 18.0 Å². The van der Waals surface area contributed by atoms with Gasteiger partial charge in [-0.15, -0.1) is 11.3 Å². The second kappa shape index (κ2) is 4.08. The normalized spacial score (nSPS) is 17.1. The highest BCUT2D eigenvalue weighted by Gasteiger charge is 2.64. The number of anilines is 1. The molecular formula is C12H10F3N3OS. The van der Waals surface area contributed by atoms with Crippen LogP contribution in [0.4, 0.5) is 18.9 Å². The van der Waals surface area contributed by atoms with Crippen LogP contribution in [-0.2, 0) is 0 Å². The number of halogens is 3. The molecule has 1 aliphatic carbocycles. The first-order valence-electron chi connectivity index (χ1n) is 5.86. The fourth-order valence-corrected chi connectivity index (χ4v) is 2.96. The smallest absolute Gasteiger partial charge is 0.397 e. The number of carbonyl (C=O) groups excluding carboxylic acids is 1. The number of thiophene rings is 1. The topological polar surface area (TPSA) is 68.0 Å². The summed E-state index contributed by atoms with van der Waals surface area (Å²) in [6, 6.07) is 3.34. The fourth-order valence-electron chi connectivity index (χ4n) is 2.00. The molecule has 0 spiro atoms. The molecule has 0 atom stereocenters. The lowest BCUT2D eigenvalue weighted by molar-refractivity contribution is -0.163. The first kappa shape index (κ1) is 13.2. The van der Waals surface area contributed by atoms with Gasteiger partial charge in [0.05, 0.1) is 5.69 Å². The number of hydrogen-bond acceptors (Lipinski definition) is 4. The molecule has 2 aromatic heterocycles. The predicted molar refractivity (Wildman–Crippen MR) is 69.5 cm³/mol. The zero-order chi connectivity index (χ0) is 14.5. The molecule has 106 valence electrons. The summed E-state index contributed by atoms with van der Waals surface area (Å²) in [4.78, 5) is 16.7. The van der Waals surface area contributed by atoms with E-state index in [2.05, 4.69) is 10.3 Å². The molecule has 0 saturated heterocycles. The van der Waals surface area contributed by atoms with Crippen molar-refractivity contribution in [2.24, 2.45) is 0 Å². The van der Waals surface area contributed by atoms with Crippen LogP contribution in [-0.4, -0.2) is 22.6 Å². The second-order valence-electron chi connectivity index (χ2n) is 4.73. The Bertz CT molecular complexity index is 691. The number of nitrogens with zero attached hydrogens (tertiary/aromatic N) is 1. The molecule has 1 amide bonds. The third kappa shape index (κ3) is 1.91. The number of rotatable bonds is 2. The van der Waals surface area contributed by atoms with Gasteiger partial charge in [0.1, 0.15) is 15.2 Å². The number of hydrogen-bond donors (Lipinski definition) is 2. The molecule has 2 aromatic rings. The van der Waals surface area contributed by atoms with Crippen molar-refractivity contribution in [2.45, 2.75) is 24.6 Å². The highest BCUT2D eigenvalue weighted by atomic mass is 32.1. The van der Waals surface area contributed by atoms with Gasteiger partial charge in [-0.2, -0.15) is 13.2 Å². The summed E-state index contributed by atoms with van der Waals surface area (Å²) in [6.45, 7) is 0. The lowest BCUT2D eigenvalue weighted by Gasteiger charge is -2.20. The molecule has 0 aliphatic heterocycles. The fraction of sp³-hybridized carbons (Fsp3) is 0.333. The third-order valence-electron chi connectivity index (χ3n) is 3.36. The van der Waals surface area contributed by atoms with Gasteiger partial charge in [0.25, 0.3) is 5.91 Å². The number of nitrogens with one attached hydrogen (secondary N) is 1. The monoisotopic (exact) mass is 301 g/mol. The average Bonchev–Trinajstić information content (AvgIpc) is 3.09. The van der Waals surface area contributed by atoms with E-state index >= 15 is 0 Å². The van der Waals surface area contributed by atoms with Crippen molar-refractivity contribution in [1.82, 2.24) is 10.3 Å². The molecule has 1 fully saturated rings. The maximum atomic E-state index is 12.8. The highest BCUT2D eigenvalue weighted by molar-refractivity contribution is 7.21. The second-order valence-corrected chi connectivity index (χ2v) is 5.73. The molecule has 3 N–H and O–H groups in total. The average molecular weight is 301 g/mol. The molecular weight excluding hydrogens is 291 g/mol. The number of fused-ring (bicyclic) bond motifs is 1. The first-order valence-corrected chi connectivity index (χ1v) is 6.68. The van der Waals surface area contributed by atoms with Crippen LogP contribution in [0, 0.1) is 0 Å². The lowest BCUT2D eigenvalue weighted by Crippen LogP contribution is -2.47. The van der Waals surface area contributed by atoms with Crippen molar-refractivity contribution in [3.63, 3.8) is 0 Å². The van der Waals surface area contributed by atoms with E-state index in [1.54, 1.807) is 12.1 Å². The Hall–Kier alpha value is -1.83. The summed E-state index contributed by atoms with van der Waals surface area (Å²) >= 11 is 0.996. The van der Waals surface area contributed by atoms with Crippen molar-refractivity contribution in [1.29, 1.82) is 0 Å². The summed E-state index contributed by atoms with van der Waals surface area (Å²) in [5.74, 6) is -0.791. The van der Waals surface area contributed by atoms with Gasteiger partial charge in [0.2, 0.25) is 0 Å². The minimum absolute atomic E-state index is 0.0780. The number of alkyl halides is 3. The maximum absolute atomic E-state index is 12.8. The van der Waals surface area contributed by atoms with Gasteiger partial charge < -0.3 is 11.1 Å². The van der Waals surface area contributed by atoms with E-state index < -0.39 is 17.6 Å². The Labute approximate surface area is 115 Å². The SMILES string of the molecule is Nc1c(C(=O)NC2(C(F)(F)F)CC2)sc2ncccc12. The van der Waals surface area contributed by atoms with Crippen LogP contribution >= 0.6 is 11.3 Å². The Morgan fingerprint density at radius 3 is 2.70 bits per heavy atom. The van der Waals surface area contributed by atoms with Crippen molar-refractivity contribution in [3.8, 4) is 0 Å². The summed E-state index contributed by atoms with van der Waals surface area (Å²) < 4.78 is 38.5. The van der Waals surface area contributed by atoms with Crippen LogP contribution in [0.25, 0.3) is 10.2 Å². The van der Waals surface area contributed by atoms with Gasteiger partial charge in [-0.05, 0) is 25.0 Å². The van der Waals surface area contributed by atoms with Crippen molar-refractivity contribution in [2.75, 3.05) is 5.73 Å². The van der Waals surface area contributed by atoms with Crippen LogP contribution < -0.4 is 11.1 Å². The Morgan fingerprint density at radius 2 is 2.15 bits per heavy atom. The van der Waals surface area contributed by atoms with E-state index in [4.69, 9.17) is 5.73 Å². The zero-order valence-corrected chi connectivity index (χ0v) is 10.9. The van der Waals surface area contributed by atoms with Crippen molar-refractivity contribution in [3.05, 3.63) is 23.2 Å². The van der Waals surface area contributed by atoms with Crippen LogP contribution in [0.5, 0.6) is 0 Å². The molecule has 0 radical (unpaired) electrons. The minimum Gasteiger partial charge on any atom is -0.397 e. The molecule has 1 aliphatic rings. The van der Waals surface area contributed by atoms with E-state index in [1.807, 2.05) is 0 Å². The molecule has 8 heteroatoms. The number of carbonyl (C=O) groups is 1. The van der Waals surface area contributed by atoms with Gasteiger partial charge in [-0.25, -0.2) is 4.98 Å². The quantitative estimate of drug-likeness (QED) is 0.896. The maximum Gasteiger partial charge on any atom is 0.411 e. The van der Waals surface area contributed by atoms with Gasteiger partial charge >= 0.3 is 6.18 Å². The van der Waals surface area contributed by atoms with Crippen LogP contribution in [0.3, 0.4) is 0 Å². The van der Waals surface area contributed by atoms with E-state index in [-0.39, 0.29) is 23.4 Å². The zero-order valence-electron chi connectivity index (χ0n) is 10.1. The number of pyridine rings is 1. The molecule has 0 aromatic carbocycles. The van der Waals surface area contributed by atoms with Crippen molar-refractivity contribution >= 4 is 33.1 Å². The highest BCUT2D eigenvalue weighted by Crippen LogP contribution is 2.49. The van der Waals surface area contributed by atoms with E-state index in [0.29, 0.717) is 10.2 Å². The van der Waals surface area contributed by atoms with Crippen molar-refractivity contribution < 1.29 is 18.0 Å². The van der Waals surface area contributed by atoms with E-state index in [1.165, 1.54) is 6.20 Å². The van der Waals surface area contributed by atoms with Gasteiger partial charge in [-0.3, -0.25) is 4.79 Å². The van der Waals surface area contributed by atoms with Crippen LogP contribution in [0.15, 0.2) is 18.3 Å². The molecule has 3 rings (SSSR count). The summed E-state index contributed by atoms with van der Waals surface area (Å²) in [7, 11) is 0. The molecule has 20 heavy (non-hydrogen) atoms.